The first-order valence-electron chi connectivity index (χ1n) is 10.7. The molecule has 0 spiro atoms. The van der Waals surface area contributed by atoms with E-state index in [1.807, 2.05) is 0 Å². The summed E-state index contributed by atoms with van der Waals surface area (Å²) < 4.78 is 89.9. The van der Waals surface area contributed by atoms with Crippen LogP contribution in [0, 0.1) is 11.7 Å². The Morgan fingerprint density at radius 2 is 1.89 bits per heavy atom. The Balaban J connectivity index is 1.29. The summed E-state index contributed by atoms with van der Waals surface area (Å²) in [5.41, 5.74) is -5.14. The van der Waals surface area contributed by atoms with Gasteiger partial charge >= 0.3 is 6.18 Å². The zero-order chi connectivity index (χ0) is 26.1. The molecule has 3 aliphatic heterocycles. The highest BCUT2D eigenvalue weighted by molar-refractivity contribution is 8.25. The standard InChI is InChI=1S/C22H19ClF5N3O4S/c23-15-5-14(2-3-16(15)24)21(22(26,27)28)6-17(30-35-21)12-1-4-18(29-7-12)20(25)10-31(11-20)19(32)13-8-36(33,34)9-13/h1-5,7,13,33-34H,6,8-11H2. The molecule has 1 atom stereocenters. The molecule has 1 unspecified atom stereocenters. The molecular weight excluding hydrogens is 533 g/mol. The quantitative estimate of drug-likeness (QED) is 0.530. The van der Waals surface area contributed by atoms with E-state index in [1.165, 1.54) is 23.2 Å². The second kappa shape index (κ2) is 8.27. The highest BCUT2D eigenvalue weighted by atomic mass is 35.5. The van der Waals surface area contributed by atoms with Crippen molar-refractivity contribution in [2.45, 2.75) is 23.9 Å². The number of nitrogens with zero attached hydrogens (tertiary/aromatic N) is 3. The van der Waals surface area contributed by atoms with E-state index in [-0.39, 0.29) is 47.5 Å². The van der Waals surface area contributed by atoms with Crippen LogP contribution in [0.4, 0.5) is 22.0 Å². The van der Waals surface area contributed by atoms with E-state index < -0.39 is 56.8 Å². The van der Waals surface area contributed by atoms with Crippen molar-refractivity contribution >= 4 is 33.8 Å². The average Bonchev–Trinajstić information content (AvgIpc) is 3.24. The van der Waals surface area contributed by atoms with Crippen LogP contribution >= 0.6 is 22.2 Å². The molecule has 0 aliphatic carbocycles. The zero-order valence-electron chi connectivity index (χ0n) is 18.3. The van der Waals surface area contributed by atoms with E-state index >= 15 is 4.39 Å². The third-order valence-corrected chi connectivity index (χ3v) is 8.77. The van der Waals surface area contributed by atoms with Gasteiger partial charge in [0.1, 0.15) is 5.82 Å². The van der Waals surface area contributed by atoms with Crippen molar-refractivity contribution in [1.29, 1.82) is 0 Å². The molecule has 1 aromatic heterocycles. The minimum Gasteiger partial charge on any atom is -0.374 e. The van der Waals surface area contributed by atoms with Gasteiger partial charge in [-0.05, 0) is 24.3 Å². The smallest absolute Gasteiger partial charge is 0.374 e. The zero-order valence-corrected chi connectivity index (χ0v) is 19.9. The number of carbonyl (C=O) groups excluding carboxylic acids is 1. The largest absolute Gasteiger partial charge is 0.435 e. The van der Waals surface area contributed by atoms with Crippen LogP contribution in [0.25, 0.3) is 0 Å². The highest BCUT2D eigenvalue weighted by Gasteiger charge is 2.62. The molecule has 0 bridgehead atoms. The minimum atomic E-state index is -4.91. The first-order chi connectivity index (χ1) is 16.7. The van der Waals surface area contributed by atoms with E-state index in [2.05, 4.69) is 10.1 Å². The number of hydrogen-bond acceptors (Lipinski definition) is 6. The van der Waals surface area contributed by atoms with Crippen LogP contribution in [0.3, 0.4) is 0 Å². The average molecular weight is 552 g/mol. The predicted molar refractivity (Wildman–Crippen MR) is 121 cm³/mol. The van der Waals surface area contributed by atoms with Crippen molar-refractivity contribution in [3.63, 3.8) is 0 Å². The molecule has 2 aromatic rings. The van der Waals surface area contributed by atoms with Crippen LogP contribution in [0.5, 0.6) is 0 Å². The number of hydrogen-bond donors (Lipinski definition) is 2. The van der Waals surface area contributed by atoms with E-state index in [0.29, 0.717) is 0 Å². The van der Waals surface area contributed by atoms with Crippen molar-refractivity contribution in [2.24, 2.45) is 11.1 Å². The molecule has 2 fully saturated rings. The molecule has 36 heavy (non-hydrogen) atoms. The summed E-state index contributed by atoms with van der Waals surface area (Å²) in [7, 11) is -2.70. The van der Waals surface area contributed by atoms with Crippen molar-refractivity contribution in [1.82, 2.24) is 9.88 Å². The van der Waals surface area contributed by atoms with Crippen LogP contribution in [0.2, 0.25) is 5.02 Å². The second-order valence-electron chi connectivity index (χ2n) is 9.18. The monoisotopic (exact) mass is 551 g/mol. The number of alkyl halides is 4. The maximum atomic E-state index is 15.3. The first kappa shape index (κ1) is 25.2. The Morgan fingerprint density at radius 3 is 2.44 bits per heavy atom. The normalized spacial score (nSPS) is 25.9. The summed E-state index contributed by atoms with van der Waals surface area (Å²) in [5.74, 6) is -1.82. The van der Waals surface area contributed by atoms with Crippen LogP contribution in [0.1, 0.15) is 23.2 Å². The molecule has 14 heteroatoms. The second-order valence-corrected chi connectivity index (χ2v) is 11.9. The molecule has 7 nitrogen and oxygen atoms in total. The van der Waals surface area contributed by atoms with Crippen molar-refractivity contribution < 1.29 is 40.7 Å². The molecule has 4 heterocycles. The van der Waals surface area contributed by atoms with Gasteiger partial charge in [0.25, 0.3) is 5.60 Å². The topological polar surface area (TPSA) is 95.2 Å². The highest BCUT2D eigenvalue weighted by Crippen LogP contribution is 2.53. The third kappa shape index (κ3) is 4.11. The number of halogens is 6. The molecule has 5 rings (SSSR count). The first-order valence-corrected chi connectivity index (χ1v) is 12.9. The summed E-state index contributed by atoms with van der Waals surface area (Å²) >= 11 is 5.68. The van der Waals surface area contributed by atoms with Crippen LogP contribution in [0.15, 0.2) is 41.7 Å². The molecule has 2 saturated heterocycles. The Hall–Kier alpha value is -2.48. The van der Waals surface area contributed by atoms with E-state index in [4.69, 9.17) is 16.4 Å². The van der Waals surface area contributed by atoms with Crippen molar-refractivity contribution in [3.05, 3.63) is 64.2 Å². The van der Waals surface area contributed by atoms with Gasteiger partial charge in [-0.15, -0.1) is 0 Å². The lowest BCUT2D eigenvalue weighted by molar-refractivity contribution is -0.275. The number of pyridine rings is 1. The third-order valence-electron chi connectivity index (χ3n) is 6.61. The number of aromatic nitrogens is 1. The summed E-state index contributed by atoms with van der Waals surface area (Å²) in [6.45, 7) is -0.527. The number of oxime groups is 1. The van der Waals surface area contributed by atoms with Gasteiger partial charge in [-0.1, -0.05) is 22.8 Å². The molecule has 194 valence electrons. The van der Waals surface area contributed by atoms with Gasteiger partial charge in [0.15, 0.2) is 5.67 Å². The Morgan fingerprint density at radius 1 is 1.19 bits per heavy atom. The molecule has 1 amide bonds. The SMILES string of the molecule is O=C(C1CS(O)(O)C1)N1CC(F)(c2ccc(C3=NOC(c4ccc(F)c(Cl)c4)(C(F)(F)F)C3)cn2)C1. The van der Waals surface area contributed by atoms with Crippen molar-refractivity contribution in [3.8, 4) is 0 Å². The van der Waals surface area contributed by atoms with Gasteiger partial charge in [0.2, 0.25) is 5.91 Å². The van der Waals surface area contributed by atoms with Gasteiger partial charge in [-0.3, -0.25) is 18.9 Å². The van der Waals surface area contributed by atoms with E-state index in [0.717, 1.165) is 18.2 Å². The maximum Gasteiger partial charge on any atom is 0.435 e. The lowest BCUT2D eigenvalue weighted by Crippen LogP contribution is -2.62. The minimum absolute atomic E-state index is 0.000106. The summed E-state index contributed by atoms with van der Waals surface area (Å²) in [6.07, 6.45) is -4.47. The Bertz CT molecular complexity index is 1250. The molecule has 0 radical (unpaired) electrons. The van der Waals surface area contributed by atoms with Gasteiger partial charge in [-0.25, -0.2) is 8.78 Å². The fourth-order valence-corrected chi connectivity index (χ4v) is 6.17. The molecular formula is C22H19ClF5N3O4S. The lowest BCUT2D eigenvalue weighted by atomic mass is 9.86. The number of rotatable bonds is 4. The fourth-order valence-electron chi connectivity index (χ4n) is 4.51. The molecule has 1 aromatic carbocycles. The van der Waals surface area contributed by atoms with Crippen LogP contribution in [-0.2, 0) is 20.9 Å². The predicted octanol–water partition coefficient (Wildman–Crippen LogP) is 4.84. The van der Waals surface area contributed by atoms with E-state index in [1.54, 1.807) is 0 Å². The van der Waals surface area contributed by atoms with E-state index in [9.17, 15) is 31.5 Å². The number of benzene rings is 1. The van der Waals surface area contributed by atoms with Crippen LogP contribution < -0.4 is 0 Å². The lowest BCUT2D eigenvalue weighted by Gasteiger charge is -2.51. The number of carbonyl (C=O) groups is 1. The van der Waals surface area contributed by atoms with Gasteiger partial charge in [0, 0.05) is 17.3 Å². The summed E-state index contributed by atoms with van der Waals surface area (Å²) in [5, 5.41) is 3.10. The van der Waals surface area contributed by atoms with Gasteiger partial charge < -0.3 is 9.74 Å². The fraction of sp³-hybridized carbons (Fsp3) is 0.409. The van der Waals surface area contributed by atoms with Gasteiger partial charge in [-0.2, -0.15) is 23.8 Å². The maximum absolute atomic E-state index is 15.3. The molecule has 2 N–H and O–H groups in total. The number of likely N-dealkylation sites (tertiary alicyclic amines) is 1. The number of amides is 1. The summed E-state index contributed by atoms with van der Waals surface area (Å²) in [4.78, 5) is 22.5. The summed E-state index contributed by atoms with van der Waals surface area (Å²) in [6, 6.07) is 5.25. The van der Waals surface area contributed by atoms with Gasteiger partial charge in [0.05, 0.1) is 53.4 Å². The van der Waals surface area contributed by atoms with Crippen LogP contribution in [-0.4, -0.2) is 61.4 Å². The Labute approximate surface area is 208 Å². The molecule has 3 aliphatic rings. The Kier molecular flexibility index (Phi) is 5.78. The van der Waals surface area contributed by atoms with Crippen molar-refractivity contribution in [2.75, 3.05) is 24.6 Å². The molecule has 0 saturated carbocycles.